The molecule has 6 nitrogen and oxygen atoms in total. The minimum absolute atomic E-state index is 0.0144. The summed E-state index contributed by atoms with van der Waals surface area (Å²) < 4.78 is 14.0. The van der Waals surface area contributed by atoms with E-state index < -0.39 is 0 Å². The van der Waals surface area contributed by atoms with Crippen molar-refractivity contribution in [2.45, 2.75) is 13.8 Å². The first kappa shape index (κ1) is 21.8. The lowest BCUT2D eigenvalue weighted by Gasteiger charge is -2.36. The number of quaternary nitrogens is 1. The smallest absolute Gasteiger partial charge is 0.279 e. The molecule has 1 saturated heterocycles. The number of hydrogen-bond acceptors (Lipinski definition) is 3. The highest BCUT2D eigenvalue weighted by Crippen LogP contribution is 2.20. The Morgan fingerprint density at radius 3 is 2.23 bits per heavy atom. The maximum Gasteiger partial charge on any atom is 0.279 e. The molecule has 0 bridgehead atoms. The van der Waals surface area contributed by atoms with Crippen molar-refractivity contribution in [3.8, 4) is 0 Å². The highest BCUT2D eigenvalue weighted by molar-refractivity contribution is 5.93. The van der Waals surface area contributed by atoms with Crippen LogP contribution in [0.1, 0.15) is 11.1 Å². The van der Waals surface area contributed by atoms with Crippen LogP contribution in [0.15, 0.2) is 42.5 Å². The minimum atomic E-state index is -0.239. The third-order valence-corrected chi connectivity index (χ3v) is 5.49. The van der Waals surface area contributed by atoms with Crippen LogP contribution < -0.4 is 15.1 Å². The van der Waals surface area contributed by atoms with Gasteiger partial charge in [0, 0.05) is 31.9 Å². The number of aryl methyl sites for hydroxylation is 2. The van der Waals surface area contributed by atoms with Crippen molar-refractivity contribution in [1.82, 2.24) is 4.90 Å². The molecule has 1 aliphatic heterocycles. The molecule has 0 saturated carbocycles. The first-order chi connectivity index (χ1) is 14.3. The Labute approximate surface area is 177 Å². The maximum absolute atomic E-state index is 14.0. The van der Waals surface area contributed by atoms with E-state index in [1.165, 1.54) is 6.07 Å². The van der Waals surface area contributed by atoms with E-state index >= 15 is 0 Å². The molecule has 2 amide bonds. The second-order valence-corrected chi connectivity index (χ2v) is 7.94. The standard InChI is InChI=1S/C23H29FN4O2/c1-17-7-6-8-18(2)23(17)25-21(29)15-26(3)16-22(30)28-13-11-27(12-14-28)20-10-5-4-9-19(20)24/h4-10H,11-16H2,1-3H3,(H,25,29)/p+1. The fraction of sp³-hybridized carbons (Fsp3) is 0.391. The van der Waals surface area contributed by atoms with Gasteiger partial charge in [0.1, 0.15) is 5.82 Å². The summed E-state index contributed by atoms with van der Waals surface area (Å²) in [5.74, 6) is -0.334. The zero-order valence-corrected chi connectivity index (χ0v) is 17.9. The molecule has 2 aromatic carbocycles. The van der Waals surface area contributed by atoms with Gasteiger partial charge in [-0.1, -0.05) is 30.3 Å². The average Bonchev–Trinajstić information content (AvgIpc) is 2.71. The Balaban J connectivity index is 1.47. The first-order valence-corrected chi connectivity index (χ1v) is 10.3. The lowest BCUT2D eigenvalue weighted by molar-refractivity contribution is -0.862. The largest absolute Gasteiger partial charge is 0.366 e. The van der Waals surface area contributed by atoms with Gasteiger partial charge in [-0.05, 0) is 37.1 Å². The second kappa shape index (κ2) is 9.71. The number of amides is 2. The average molecular weight is 414 g/mol. The third kappa shape index (κ3) is 5.36. The highest BCUT2D eigenvalue weighted by Gasteiger charge is 2.25. The van der Waals surface area contributed by atoms with Gasteiger partial charge < -0.3 is 20.0 Å². The molecule has 1 atom stereocenters. The van der Waals surface area contributed by atoms with Gasteiger partial charge in [0.05, 0.1) is 12.7 Å². The fourth-order valence-electron chi connectivity index (χ4n) is 3.81. The van der Waals surface area contributed by atoms with Gasteiger partial charge in [0.15, 0.2) is 13.1 Å². The molecule has 0 radical (unpaired) electrons. The van der Waals surface area contributed by atoms with E-state index in [0.29, 0.717) is 31.9 Å². The molecule has 0 spiro atoms. The number of anilines is 2. The zero-order chi connectivity index (χ0) is 21.7. The fourth-order valence-corrected chi connectivity index (χ4v) is 3.81. The molecule has 7 heteroatoms. The Kier molecular flexibility index (Phi) is 7.05. The number of para-hydroxylation sites is 2. The summed E-state index contributed by atoms with van der Waals surface area (Å²) >= 11 is 0. The Morgan fingerprint density at radius 1 is 0.967 bits per heavy atom. The molecule has 30 heavy (non-hydrogen) atoms. The number of nitrogens with zero attached hydrogens (tertiary/aromatic N) is 2. The summed E-state index contributed by atoms with van der Waals surface area (Å²) in [6.07, 6.45) is 0. The normalized spacial score (nSPS) is 15.1. The number of rotatable bonds is 6. The molecule has 1 fully saturated rings. The summed E-state index contributed by atoms with van der Waals surface area (Å²) in [5.41, 5.74) is 3.45. The first-order valence-electron chi connectivity index (χ1n) is 10.3. The summed E-state index contributed by atoms with van der Waals surface area (Å²) in [6, 6.07) is 12.6. The van der Waals surface area contributed by atoms with Crippen LogP contribution in [-0.4, -0.2) is 63.0 Å². The number of carbonyl (C=O) groups excluding carboxylic acids is 2. The summed E-state index contributed by atoms with van der Waals surface area (Å²) in [4.78, 5) is 29.7. The number of nitrogens with one attached hydrogen (secondary N) is 2. The second-order valence-electron chi connectivity index (χ2n) is 7.94. The van der Waals surface area contributed by atoms with E-state index in [0.717, 1.165) is 21.7 Å². The van der Waals surface area contributed by atoms with Crippen LogP contribution in [0.5, 0.6) is 0 Å². The Hall–Kier alpha value is -2.93. The number of piperazine rings is 1. The number of benzene rings is 2. The van der Waals surface area contributed by atoms with Crippen LogP contribution in [0, 0.1) is 19.7 Å². The van der Waals surface area contributed by atoms with Crippen LogP contribution in [-0.2, 0) is 9.59 Å². The van der Waals surface area contributed by atoms with Crippen molar-refractivity contribution in [1.29, 1.82) is 0 Å². The molecular weight excluding hydrogens is 383 g/mol. The molecule has 2 aromatic rings. The predicted octanol–water partition coefficient (Wildman–Crippen LogP) is 1.24. The van der Waals surface area contributed by atoms with Gasteiger partial charge in [0.2, 0.25) is 0 Å². The van der Waals surface area contributed by atoms with Crippen molar-refractivity contribution in [3.63, 3.8) is 0 Å². The minimum Gasteiger partial charge on any atom is -0.366 e. The Bertz CT molecular complexity index is 890. The molecule has 1 heterocycles. The van der Waals surface area contributed by atoms with E-state index in [9.17, 15) is 14.0 Å². The van der Waals surface area contributed by atoms with Crippen molar-refractivity contribution in [2.24, 2.45) is 0 Å². The summed E-state index contributed by atoms with van der Waals surface area (Å²) in [7, 11) is 1.85. The topological polar surface area (TPSA) is 57.1 Å². The van der Waals surface area contributed by atoms with Crippen molar-refractivity contribution in [2.75, 3.05) is 56.5 Å². The van der Waals surface area contributed by atoms with Gasteiger partial charge >= 0.3 is 0 Å². The highest BCUT2D eigenvalue weighted by atomic mass is 19.1. The van der Waals surface area contributed by atoms with Gasteiger partial charge in [-0.25, -0.2) is 4.39 Å². The van der Waals surface area contributed by atoms with Crippen LogP contribution in [0.4, 0.5) is 15.8 Å². The Morgan fingerprint density at radius 2 is 1.60 bits per heavy atom. The molecule has 2 N–H and O–H groups in total. The molecule has 0 aromatic heterocycles. The lowest BCUT2D eigenvalue weighted by Crippen LogP contribution is -3.11. The number of carbonyl (C=O) groups is 2. The van der Waals surface area contributed by atoms with E-state index in [-0.39, 0.29) is 30.7 Å². The van der Waals surface area contributed by atoms with Gasteiger partial charge in [0.25, 0.3) is 11.8 Å². The van der Waals surface area contributed by atoms with Gasteiger partial charge in [-0.3, -0.25) is 9.59 Å². The van der Waals surface area contributed by atoms with Crippen molar-refractivity contribution >= 4 is 23.2 Å². The zero-order valence-electron chi connectivity index (χ0n) is 17.9. The lowest BCUT2D eigenvalue weighted by atomic mass is 10.1. The van der Waals surface area contributed by atoms with Crippen molar-refractivity contribution in [3.05, 3.63) is 59.4 Å². The molecule has 1 unspecified atom stereocenters. The monoisotopic (exact) mass is 413 g/mol. The molecular formula is C23H30FN4O2+. The predicted molar refractivity (Wildman–Crippen MR) is 116 cm³/mol. The molecule has 3 rings (SSSR count). The summed E-state index contributed by atoms with van der Waals surface area (Å²) in [5, 5.41) is 2.96. The van der Waals surface area contributed by atoms with E-state index in [2.05, 4.69) is 5.32 Å². The van der Waals surface area contributed by atoms with E-state index in [4.69, 9.17) is 0 Å². The van der Waals surface area contributed by atoms with Crippen LogP contribution >= 0.6 is 0 Å². The maximum atomic E-state index is 14.0. The summed E-state index contributed by atoms with van der Waals surface area (Å²) in [6.45, 7) is 6.68. The van der Waals surface area contributed by atoms with Crippen LogP contribution in [0.25, 0.3) is 0 Å². The van der Waals surface area contributed by atoms with Crippen LogP contribution in [0.3, 0.4) is 0 Å². The third-order valence-electron chi connectivity index (χ3n) is 5.49. The number of halogens is 1. The molecule has 1 aliphatic rings. The molecule has 160 valence electrons. The quantitative estimate of drug-likeness (QED) is 0.749. The number of hydrogen-bond donors (Lipinski definition) is 2. The number of likely N-dealkylation sites (N-methyl/N-ethyl adjacent to an activating group) is 1. The molecule has 0 aliphatic carbocycles. The SMILES string of the molecule is Cc1cccc(C)c1NC(=O)C[NH+](C)CC(=O)N1CCN(c2ccccc2F)CC1. The van der Waals surface area contributed by atoms with Gasteiger partial charge in [-0.2, -0.15) is 0 Å². The van der Waals surface area contributed by atoms with E-state index in [1.54, 1.807) is 17.0 Å². The van der Waals surface area contributed by atoms with Crippen molar-refractivity contribution < 1.29 is 18.9 Å². The van der Waals surface area contributed by atoms with Crippen LogP contribution in [0.2, 0.25) is 0 Å². The van der Waals surface area contributed by atoms with E-state index in [1.807, 2.05) is 50.1 Å². The van der Waals surface area contributed by atoms with Gasteiger partial charge in [-0.15, -0.1) is 0 Å².